The predicted octanol–water partition coefficient (Wildman–Crippen LogP) is 3.62. The predicted molar refractivity (Wildman–Crippen MR) is 74.3 cm³/mol. The number of aromatic nitrogens is 1. The molecule has 1 fully saturated rings. The minimum atomic E-state index is -0.180. The number of aryl methyl sites for hydroxylation is 2. The first-order valence-corrected chi connectivity index (χ1v) is 7.56. The van der Waals surface area contributed by atoms with E-state index in [1.165, 1.54) is 28.4 Å². The lowest BCUT2D eigenvalue weighted by atomic mass is 9.69. The Labute approximate surface area is 109 Å². The molecular formula is C14H24N2S. The summed E-state index contributed by atoms with van der Waals surface area (Å²) in [5.74, 6) is 1.24. The van der Waals surface area contributed by atoms with Gasteiger partial charge in [0, 0.05) is 4.88 Å². The Morgan fingerprint density at radius 2 is 2.18 bits per heavy atom. The van der Waals surface area contributed by atoms with Gasteiger partial charge in [-0.1, -0.05) is 33.6 Å². The van der Waals surface area contributed by atoms with Crippen molar-refractivity contribution in [2.75, 3.05) is 0 Å². The van der Waals surface area contributed by atoms with Crippen LogP contribution in [-0.4, -0.2) is 4.98 Å². The lowest BCUT2D eigenvalue weighted by Gasteiger charge is -2.41. The number of rotatable bonds is 2. The van der Waals surface area contributed by atoms with Crippen LogP contribution < -0.4 is 5.73 Å². The molecule has 0 radical (unpaired) electrons. The van der Waals surface area contributed by atoms with Gasteiger partial charge in [-0.3, -0.25) is 0 Å². The molecule has 3 atom stereocenters. The van der Waals surface area contributed by atoms with Crippen LogP contribution in [0, 0.1) is 18.8 Å². The Balaban J connectivity index is 2.35. The maximum Gasteiger partial charge on any atom is 0.113 e. The van der Waals surface area contributed by atoms with Gasteiger partial charge in [-0.15, -0.1) is 11.3 Å². The molecule has 3 heteroatoms. The molecule has 2 rings (SSSR count). The molecule has 3 unspecified atom stereocenters. The van der Waals surface area contributed by atoms with Gasteiger partial charge in [-0.2, -0.15) is 0 Å². The molecule has 96 valence electrons. The van der Waals surface area contributed by atoms with Gasteiger partial charge in [0.05, 0.1) is 11.2 Å². The van der Waals surface area contributed by atoms with Gasteiger partial charge in [0.2, 0.25) is 0 Å². The molecule has 1 aromatic rings. The summed E-state index contributed by atoms with van der Waals surface area (Å²) in [5.41, 5.74) is 7.76. The van der Waals surface area contributed by atoms with Crippen LogP contribution in [0.1, 0.15) is 55.6 Å². The van der Waals surface area contributed by atoms with Gasteiger partial charge in [-0.25, -0.2) is 4.98 Å². The molecule has 0 amide bonds. The smallest absolute Gasteiger partial charge is 0.113 e. The summed E-state index contributed by atoms with van der Waals surface area (Å²) in [5, 5.41) is 1.17. The topological polar surface area (TPSA) is 38.9 Å². The van der Waals surface area contributed by atoms with Gasteiger partial charge in [0.1, 0.15) is 5.01 Å². The standard InChI is InChI=1S/C14H24N2S/c1-5-12-11(4)17-13(16-12)14(15)8-6-7-9(2)10(14)3/h9-10H,5-8,15H2,1-4H3. The highest BCUT2D eigenvalue weighted by Gasteiger charge is 2.42. The van der Waals surface area contributed by atoms with Crippen molar-refractivity contribution in [2.45, 2.75) is 58.9 Å². The van der Waals surface area contributed by atoms with Gasteiger partial charge < -0.3 is 5.73 Å². The lowest BCUT2D eigenvalue weighted by molar-refractivity contribution is 0.143. The molecule has 0 spiro atoms. The van der Waals surface area contributed by atoms with E-state index >= 15 is 0 Å². The first kappa shape index (κ1) is 13.0. The number of nitrogens with two attached hydrogens (primary N) is 1. The number of nitrogens with zero attached hydrogens (tertiary/aromatic N) is 1. The summed E-state index contributed by atoms with van der Waals surface area (Å²) in [6.07, 6.45) is 4.66. The molecule has 1 aliphatic rings. The largest absolute Gasteiger partial charge is 0.319 e. The fourth-order valence-electron chi connectivity index (χ4n) is 2.96. The van der Waals surface area contributed by atoms with Gasteiger partial charge in [0.15, 0.2) is 0 Å². The normalized spacial score (nSPS) is 33.9. The fourth-order valence-corrected chi connectivity index (χ4v) is 4.19. The van der Waals surface area contributed by atoms with E-state index < -0.39 is 0 Å². The van der Waals surface area contributed by atoms with Crippen molar-refractivity contribution >= 4 is 11.3 Å². The van der Waals surface area contributed by atoms with Crippen molar-refractivity contribution in [2.24, 2.45) is 17.6 Å². The fraction of sp³-hybridized carbons (Fsp3) is 0.786. The third-order valence-corrected chi connectivity index (χ3v) is 5.75. The van der Waals surface area contributed by atoms with E-state index in [1.807, 2.05) is 11.3 Å². The van der Waals surface area contributed by atoms with Crippen LogP contribution in [0.15, 0.2) is 0 Å². The SMILES string of the molecule is CCc1nc(C2(N)CCCC(C)C2C)sc1C. The van der Waals surface area contributed by atoms with Crippen molar-refractivity contribution in [1.29, 1.82) is 0 Å². The Morgan fingerprint density at radius 3 is 2.76 bits per heavy atom. The van der Waals surface area contributed by atoms with E-state index in [-0.39, 0.29) is 5.54 Å². The Morgan fingerprint density at radius 1 is 1.47 bits per heavy atom. The molecule has 0 aliphatic heterocycles. The van der Waals surface area contributed by atoms with Crippen LogP contribution in [-0.2, 0) is 12.0 Å². The minimum absolute atomic E-state index is 0.180. The van der Waals surface area contributed by atoms with E-state index in [0.29, 0.717) is 11.8 Å². The zero-order valence-corrected chi connectivity index (χ0v) is 12.2. The maximum atomic E-state index is 6.70. The van der Waals surface area contributed by atoms with Gasteiger partial charge in [-0.05, 0) is 31.6 Å². The van der Waals surface area contributed by atoms with Gasteiger partial charge in [0.25, 0.3) is 0 Å². The van der Waals surface area contributed by atoms with Crippen molar-refractivity contribution in [1.82, 2.24) is 4.98 Å². The Kier molecular flexibility index (Phi) is 3.60. The van der Waals surface area contributed by atoms with Crippen LogP contribution in [0.25, 0.3) is 0 Å². The minimum Gasteiger partial charge on any atom is -0.319 e. The first-order valence-electron chi connectivity index (χ1n) is 6.74. The average Bonchev–Trinajstić information content (AvgIpc) is 2.68. The molecule has 17 heavy (non-hydrogen) atoms. The van der Waals surface area contributed by atoms with Crippen molar-refractivity contribution in [3.8, 4) is 0 Å². The number of thiazole rings is 1. The highest BCUT2D eigenvalue weighted by Crippen LogP contribution is 2.44. The molecule has 0 aromatic carbocycles. The Hall–Kier alpha value is -0.410. The molecule has 1 heterocycles. The number of hydrogen-bond donors (Lipinski definition) is 1. The first-order chi connectivity index (χ1) is 7.99. The van der Waals surface area contributed by atoms with E-state index in [4.69, 9.17) is 10.7 Å². The van der Waals surface area contributed by atoms with Crippen molar-refractivity contribution in [3.63, 3.8) is 0 Å². The van der Waals surface area contributed by atoms with E-state index in [0.717, 1.165) is 12.8 Å². The summed E-state index contributed by atoms with van der Waals surface area (Å²) < 4.78 is 0. The highest BCUT2D eigenvalue weighted by molar-refractivity contribution is 7.11. The van der Waals surface area contributed by atoms with Crippen LogP contribution in [0.5, 0.6) is 0 Å². The van der Waals surface area contributed by atoms with Crippen LogP contribution in [0.4, 0.5) is 0 Å². The second kappa shape index (κ2) is 4.69. The van der Waals surface area contributed by atoms with E-state index in [1.54, 1.807) is 0 Å². The third-order valence-electron chi connectivity index (χ3n) is 4.54. The van der Waals surface area contributed by atoms with Crippen LogP contribution in [0.2, 0.25) is 0 Å². The molecule has 0 bridgehead atoms. The summed E-state index contributed by atoms with van der Waals surface area (Å²) >= 11 is 1.81. The quantitative estimate of drug-likeness (QED) is 0.873. The molecule has 1 aromatic heterocycles. The maximum absolute atomic E-state index is 6.70. The average molecular weight is 252 g/mol. The molecule has 2 N–H and O–H groups in total. The van der Waals surface area contributed by atoms with E-state index in [2.05, 4.69) is 27.7 Å². The van der Waals surface area contributed by atoms with Crippen molar-refractivity contribution < 1.29 is 0 Å². The second-order valence-electron chi connectivity index (χ2n) is 5.57. The monoisotopic (exact) mass is 252 g/mol. The molecular weight excluding hydrogens is 228 g/mol. The van der Waals surface area contributed by atoms with Crippen LogP contribution >= 0.6 is 11.3 Å². The Bertz CT molecular complexity index is 399. The van der Waals surface area contributed by atoms with Crippen molar-refractivity contribution in [3.05, 3.63) is 15.6 Å². The molecule has 0 saturated heterocycles. The number of hydrogen-bond acceptors (Lipinski definition) is 3. The van der Waals surface area contributed by atoms with E-state index in [9.17, 15) is 0 Å². The summed E-state index contributed by atoms with van der Waals surface area (Å²) in [6.45, 7) is 8.96. The van der Waals surface area contributed by atoms with Crippen LogP contribution in [0.3, 0.4) is 0 Å². The molecule has 2 nitrogen and oxygen atoms in total. The zero-order valence-electron chi connectivity index (χ0n) is 11.4. The molecule has 1 saturated carbocycles. The summed E-state index contributed by atoms with van der Waals surface area (Å²) in [6, 6.07) is 0. The highest BCUT2D eigenvalue weighted by atomic mass is 32.1. The summed E-state index contributed by atoms with van der Waals surface area (Å²) in [7, 11) is 0. The second-order valence-corrected chi connectivity index (χ2v) is 6.78. The third kappa shape index (κ3) is 2.15. The lowest BCUT2D eigenvalue weighted by Crippen LogP contribution is -2.48. The summed E-state index contributed by atoms with van der Waals surface area (Å²) in [4.78, 5) is 6.15. The zero-order chi connectivity index (χ0) is 12.6. The van der Waals surface area contributed by atoms with Gasteiger partial charge >= 0.3 is 0 Å². The molecule has 1 aliphatic carbocycles.